The fourth-order valence-corrected chi connectivity index (χ4v) is 5.46. The van der Waals surface area contributed by atoms with Crippen molar-refractivity contribution in [1.29, 1.82) is 0 Å². The summed E-state index contributed by atoms with van der Waals surface area (Å²) in [4.78, 5) is 13.9. The van der Waals surface area contributed by atoms with Gasteiger partial charge in [-0.2, -0.15) is 0 Å². The molecule has 0 saturated carbocycles. The van der Waals surface area contributed by atoms with Gasteiger partial charge < -0.3 is 29.6 Å². The van der Waals surface area contributed by atoms with Crippen molar-refractivity contribution in [1.82, 2.24) is 0 Å². The van der Waals surface area contributed by atoms with Crippen molar-refractivity contribution in [2.75, 3.05) is 0 Å². The highest BCUT2D eigenvalue weighted by Gasteiger charge is 2.50. The first-order chi connectivity index (χ1) is 17.3. The molecule has 7 nitrogen and oxygen atoms in total. The molecule has 4 N–H and O–H groups in total. The van der Waals surface area contributed by atoms with E-state index in [9.17, 15) is 25.2 Å². The predicted octanol–water partition coefficient (Wildman–Crippen LogP) is 6.11. The Hall–Kier alpha value is -3.87. The van der Waals surface area contributed by atoms with E-state index in [-0.39, 0.29) is 81.8 Å². The number of benzene rings is 2. The quantitative estimate of drug-likeness (QED) is 0.316. The van der Waals surface area contributed by atoms with Gasteiger partial charge in [-0.15, -0.1) is 0 Å². The molecule has 2 aliphatic rings. The van der Waals surface area contributed by atoms with Crippen LogP contribution >= 0.6 is 0 Å². The van der Waals surface area contributed by atoms with E-state index in [2.05, 4.69) is 0 Å². The van der Waals surface area contributed by atoms with Gasteiger partial charge in [0.2, 0.25) is 0 Å². The summed E-state index contributed by atoms with van der Waals surface area (Å²) in [7, 11) is 0. The standard InChI is InChI=1S/C30H32O7/c1-13(2)7-9-15-19(31)12-20-22(24(15)32)26(34)17-11-18-21-23(28(17)36-20)25(33)16(10-8-14(3)4)27(35)29(21)37-30(18,5)6/h7-8,12,18,31-33,35H,9-11H2,1-6H3/t18-/m0/s1. The molecule has 1 atom stereocenters. The van der Waals surface area contributed by atoms with Crippen LogP contribution in [0.2, 0.25) is 0 Å². The van der Waals surface area contributed by atoms with Crippen LogP contribution in [-0.4, -0.2) is 26.0 Å². The van der Waals surface area contributed by atoms with Gasteiger partial charge in [0.1, 0.15) is 39.6 Å². The number of phenolic OH excluding ortho intramolecular Hbond substituents is 4. The molecule has 7 heteroatoms. The largest absolute Gasteiger partial charge is 0.507 e. The van der Waals surface area contributed by atoms with Crippen molar-refractivity contribution in [2.24, 2.45) is 0 Å². The van der Waals surface area contributed by atoms with Crippen LogP contribution in [0.4, 0.5) is 0 Å². The second-order valence-corrected chi connectivity index (χ2v) is 11.1. The van der Waals surface area contributed by atoms with Crippen LogP contribution in [0.25, 0.3) is 22.3 Å². The molecule has 0 spiro atoms. The minimum Gasteiger partial charge on any atom is -0.507 e. The number of allylic oxidation sites excluding steroid dienone is 4. The number of ether oxygens (including phenoxy) is 1. The summed E-state index contributed by atoms with van der Waals surface area (Å²) in [6.45, 7) is 11.4. The zero-order valence-electron chi connectivity index (χ0n) is 21.9. The molecule has 37 heavy (non-hydrogen) atoms. The average molecular weight is 505 g/mol. The summed E-state index contributed by atoms with van der Waals surface area (Å²) in [5.74, 6) is -0.657. The van der Waals surface area contributed by atoms with Crippen LogP contribution in [0, 0.1) is 0 Å². The molecule has 0 amide bonds. The van der Waals surface area contributed by atoms with E-state index in [1.165, 1.54) is 6.07 Å². The summed E-state index contributed by atoms with van der Waals surface area (Å²) in [6.07, 6.45) is 4.51. The molecule has 5 rings (SSSR count). The van der Waals surface area contributed by atoms with E-state index in [4.69, 9.17) is 9.15 Å². The van der Waals surface area contributed by atoms with E-state index in [1.54, 1.807) is 0 Å². The molecule has 2 heterocycles. The monoisotopic (exact) mass is 504 g/mol. The molecule has 0 fully saturated rings. The van der Waals surface area contributed by atoms with Gasteiger partial charge in [0.05, 0.1) is 5.56 Å². The minimum atomic E-state index is -0.763. The Bertz CT molecular complexity index is 1590. The SMILES string of the molecule is CC(C)=CCc1c(O)c2c3c(c1O)-c1oc4cc(O)c(CC=C(C)C)c(O)c4c(=O)c1C[C@@H]3C(C)(C)O2. The van der Waals surface area contributed by atoms with Crippen molar-refractivity contribution in [3.63, 3.8) is 0 Å². The lowest BCUT2D eigenvalue weighted by molar-refractivity contribution is 0.106. The fourth-order valence-electron chi connectivity index (χ4n) is 5.46. The Morgan fingerprint density at radius 3 is 2.22 bits per heavy atom. The molecule has 0 saturated heterocycles. The summed E-state index contributed by atoms with van der Waals surface area (Å²) in [6, 6.07) is 1.33. The van der Waals surface area contributed by atoms with Crippen LogP contribution in [0.3, 0.4) is 0 Å². The second-order valence-electron chi connectivity index (χ2n) is 11.1. The minimum absolute atomic E-state index is 0.00265. The molecule has 194 valence electrons. The van der Waals surface area contributed by atoms with E-state index < -0.39 is 11.0 Å². The number of rotatable bonds is 4. The molecule has 1 aromatic heterocycles. The highest BCUT2D eigenvalue weighted by molar-refractivity contribution is 5.92. The first kappa shape index (κ1) is 24.8. The topological polar surface area (TPSA) is 120 Å². The molecule has 0 radical (unpaired) electrons. The highest BCUT2D eigenvalue weighted by atomic mass is 16.5. The van der Waals surface area contributed by atoms with E-state index in [1.807, 2.05) is 53.7 Å². The Kier molecular flexibility index (Phi) is 5.59. The molecule has 2 aromatic carbocycles. The summed E-state index contributed by atoms with van der Waals surface area (Å²) >= 11 is 0. The van der Waals surface area contributed by atoms with Gasteiger partial charge in [0, 0.05) is 34.2 Å². The number of phenols is 4. The third-order valence-corrected chi connectivity index (χ3v) is 7.49. The van der Waals surface area contributed by atoms with Crippen molar-refractivity contribution in [3.05, 3.63) is 61.8 Å². The van der Waals surface area contributed by atoms with Crippen LogP contribution in [-0.2, 0) is 19.3 Å². The van der Waals surface area contributed by atoms with Crippen molar-refractivity contribution < 1.29 is 29.6 Å². The molecule has 0 bridgehead atoms. The molecule has 1 aliphatic heterocycles. The smallest absolute Gasteiger partial charge is 0.200 e. The van der Waals surface area contributed by atoms with E-state index in [0.29, 0.717) is 16.7 Å². The van der Waals surface area contributed by atoms with Gasteiger partial charge in [-0.25, -0.2) is 0 Å². The first-order valence-electron chi connectivity index (χ1n) is 12.4. The van der Waals surface area contributed by atoms with Gasteiger partial charge in [0.15, 0.2) is 16.9 Å². The number of fused-ring (bicyclic) bond motifs is 3. The Morgan fingerprint density at radius 2 is 1.59 bits per heavy atom. The molecule has 0 unspecified atom stereocenters. The van der Waals surface area contributed by atoms with E-state index >= 15 is 0 Å². The van der Waals surface area contributed by atoms with Gasteiger partial charge >= 0.3 is 0 Å². The maximum atomic E-state index is 13.9. The lowest BCUT2D eigenvalue weighted by atomic mass is 9.74. The average Bonchev–Trinajstić information content (AvgIpc) is 3.07. The Labute approximate surface area is 215 Å². The van der Waals surface area contributed by atoms with Crippen molar-refractivity contribution in [3.8, 4) is 40.1 Å². The summed E-state index contributed by atoms with van der Waals surface area (Å²) in [5, 5.41) is 44.2. The highest BCUT2D eigenvalue weighted by Crippen LogP contribution is 2.61. The van der Waals surface area contributed by atoms with E-state index in [0.717, 1.165) is 11.1 Å². The number of hydrogen-bond acceptors (Lipinski definition) is 7. The lowest BCUT2D eigenvalue weighted by Crippen LogP contribution is -2.34. The second kappa shape index (κ2) is 8.33. The lowest BCUT2D eigenvalue weighted by Gasteiger charge is -2.30. The van der Waals surface area contributed by atoms with Crippen LogP contribution in [0.15, 0.2) is 38.6 Å². The summed E-state index contributed by atoms with van der Waals surface area (Å²) in [5.41, 5.74) is 2.63. The first-order valence-corrected chi connectivity index (χ1v) is 12.4. The molecule has 3 aromatic rings. The fraction of sp³-hybridized carbons (Fsp3) is 0.367. The molecular formula is C30H32O7. The third kappa shape index (κ3) is 3.67. The normalized spacial score (nSPS) is 16.6. The summed E-state index contributed by atoms with van der Waals surface area (Å²) < 4.78 is 12.4. The van der Waals surface area contributed by atoms with Crippen LogP contribution in [0.1, 0.15) is 69.7 Å². The number of aromatic hydroxyl groups is 4. The third-order valence-electron chi connectivity index (χ3n) is 7.49. The maximum absolute atomic E-state index is 13.9. The maximum Gasteiger partial charge on any atom is 0.200 e. The van der Waals surface area contributed by atoms with Gasteiger partial charge in [-0.1, -0.05) is 23.3 Å². The van der Waals surface area contributed by atoms with Gasteiger partial charge in [-0.3, -0.25) is 4.79 Å². The van der Waals surface area contributed by atoms with Gasteiger partial charge in [0.25, 0.3) is 0 Å². The zero-order valence-corrected chi connectivity index (χ0v) is 21.9. The van der Waals surface area contributed by atoms with Gasteiger partial charge in [-0.05, 0) is 60.8 Å². The predicted molar refractivity (Wildman–Crippen MR) is 142 cm³/mol. The zero-order chi connectivity index (χ0) is 27.0. The van der Waals surface area contributed by atoms with Crippen molar-refractivity contribution in [2.45, 2.75) is 72.3 Å². The molecular weight excluding hydrogens is 472 g/mol. The Morgan fingerprint density at radius 1 is 0.973 bits per heavy atom. The molecule has 1 aliphatic carbocycles. The van der Waals surface area contributed by atoms with Crippen LogP contribution < -0.4 is 10.2 Å². The number of hydrogen-bond donors (Lipinski definition) is 4. The van der Waals surface area contributed by atoms with Crippen molar-refractivity contribution >= 4 is 11.0 Å². The Balaban J connectivity index is 1.84. The van der Waals surface area contributed by atoms with Crippen LogP contribution in [0.5, 0.6) is 28.7 Å².